The lowest BCUT2D eigenvalue weighted by molar-refractivity contribution is -0.384. The topological polar surface area (TPSA) is 72.7 Å². The molecule has 0 aliphatic heterocycles. The molecule has 1 aliphatic carbocycles. The van der Waals surface area contributed by atoms with Crippen molar-refractivity contribution in [3.63, 3.8) is 0 Å². The van der Waals surface area contributed by atoms with Gasteiger partial charge in [-0.3, -0.25) is 14.9 Å². The number of hydrogen-bond acceptors (Lipinski definition) is 5. The van der Waals surface area contributed by atoms with Crippen LogP contribution in [0.2, 0.25) is 0 Å². The first-order valence-corrected chi connectivity index (χ1v) is 10.1. The molecule has 6 nitrogen and oxygen atoms in total. The molecule has 0 aromatic heterocycles. The quantitative estimate of drug-likeness (QED) is 0.338. The van der Waals surface area contributed by atoms with Crippen LogP contribution in [0.25, 0.3) is 5.57 Å². The van der Waals surface area contributed by atoms with E-state index in [0.717, 1.165) is 19.4 Å². The van der Waals surface area contributed by atoms with Crippen LogP contribution in [0.5, 0.6) is 0 Å². The molecular weight excluding hydrogens is 356 g/mol. The van der Waals surface area contributed by atoms with Crippen LogP contribution in [0.4, 0.5) is 11.4 Å². The van der Waals surface area contributed by atoms with Crippen molar-refractivity contribution in [1.29, 1.82) is 0 Å². The Morgan fingerprint density at radius 3 is 2.54 bits per heavy atom. The van der Waals surface area contributed by atoms with E-state index in [-0.39, 0.29) is 23.0 Å². The van der Waals surface area contributed by atoms with Gasteiger partial charge in [-0.1, -0.05) is 39.2 Å². The SMILES string of the molecule is COCC(=CC(C)=O)c1ccc(N(CC(C)C)C2CCCCC2)c([N+](=O)[O-])c1. The summed E-state index contributed by atoms with van der Waals surface area (Å²) in [5.41, 5.74) is 2.07. The number of nitrogens with zero attached hydrogens (tertiary/aromatic N) is 2. The van der Waals surface area contributed by atoms with Crippen molar-refractivity contribution < 1.29 is 14.5 Å². The highest BCUT2D eigenvalue weighted by atomic mass is 16.6. The molecule has 1 aromatic rings. The molecule has 1 saturated carbocycles. The zero-order chi connectivity index (χ0) is 20.7. The summed E-state index contributed by atoms with van der Waals surface area (Å²) in [7, 11) is 1.55. The van der Waals surface area contributed by atoms with Gasteiger partial charge in [0.2, 0.25) is 0 Å². The van der Waals surface area contributed by atoms with Gasteiger partial charge in [0.15, 0.2) is 5.78 Å². The molecule has 1 aliphatic rings. The Bertz CT molecular complexity index is 721. The number of methoxy groups -OCH3 is 1. The molecule has 0 bridgehead atoms. The van der Waals surface area contributed by atoms with Crippen LogP contribution in [0, 0.1) is 16.0 Å². The molecule has 0 radical (unpaired) electrons. The summed E-state index contributed by atoms with van der Waals surface area (Å²) >= 11 is 0. The first-order valence-electron chi connectivity index (χ1n) is 10.1. The van der Waals surface area contributed by atoms with E-state index in [0.29, 0.717) is 28.8 Å². The van der Waals surface area contributed by atoms with Crippen molar-refractivity contribution in [3.05, 3.63) is 40.0 Å². The highest BCUT2D eigenvalue weighted by Gasteiger charge is 2.28. The monoisotopic (exact) mass is 388 g/mol. The Morgan fingerprint density at radius 1 is 1.32 bits per heavy atom. The second-order valence-corrected chi connectivity index (χ2v) is 8.01. The number of ether oxygens (including phenoxy) is 1. The van der Waals surface area contributed by atoms with Crippen LogP contribution >= 0.6 is 0 Å². The molecular formula is C22H32N2O4. The number of carbonyl (C=O) groups excluding carboxylic acids is 1. The van der Waals surface area contributed by atoms with E-state index in [2.05, 4.69) is 18.7 Å². The third-order valence-electron chi connectivity index (χ3n) is 5.11. The van der Waals surface area contributed by atoms with Crippen molar-refractivity contribution >= 4 is 22.7 Å². The van der Waals surface area contributed by atoms with Crippen LogP contribution in [-0.4, -0.2) is 37.0 Å². The zero-order valence-corrected chi connectivity index (χ0v) is 17.4. The third-order valence-corrected chi connectivity index (χ3v) is 5.11. The summed E-state index contributed by atoms with van der Waals surface area (Å²) in [6.45, 7) is 6.77. The molecule has 1 aromatic carbocycles. The smallest absolute Gasteiger partial charge is 0.293 e. The molecule has 1 fully saturated rings. The average Bonchev–Trinajstić information content (AvgIpc) is 2.65. The number of rotatable bonds is 9. The predicted octanol–water partition coefficient (Wildman–Crippen LogP) is 5.01. The summed E-state index contributed by atoms with van der Waals surface area (Å²) in [4.78, 5) is 25.4. The van der Waals surface area contributed by atoms with E-state index in [9.17, 15) is 14.9 Å². The molecule has 0 atom stereocenters. The van der Waals surface area contributed by atoms with Gasteiger partial charge < -0.3 is 9.64 Å². The first-order chi connectivity index (χ1) is 13.3. The summed E-state index contributed by atoms with van der Waals surface area (Å²) in [5, 5.41) is 11.9. The lowest BCUT2D eigenvalue weighted by Gasteiger charge is -2.37. The molecule has 2 rings (SSSR count). The zero-order valence-electron chi connectivity index (χ0n) is 17.4. The van der Waals surface area contributed by atoms with E-state index in [1.54, 1.807) is 13.2 Å². The normalized spacial score (nSPS) is 15.7. The van der Waals surface area contributed by atoms with Crippen molar-refractivity contribution in [3.8, 4) is 0 Å². The van der Waals surface area contributed by atoms with Gasteiger partial charge in [0, 0.05) is 25.8 Å². The van der Waals surface area contributed by atoms with Gasteiger partial charge in [-0.05, 0) is 49.0 Å². The van der Waals surface area contributed by atoms with Crippen LogP contribution in [0.3, 0.4) is 0 Å². The maximum Gasteiger partial charge on any atom is 0.293 e. The van der Waals surface area contributed by atoms with Crippen molar-refractivity contribution in [1.82, 2.24) is 0 Å². The fraction of sp³-hybridized carbons (Fsp3) is 0.591. The Balaban J connectivity index is 2.49. The van der Waals surface area contributed by atoms with Gasteiger partial charge >= 0.3 is 0 Å². The molecule has 0 unspecified atom stereocenters. The average molecular weight is 389 g/mol. The Labute approximate surface area is 167 Å². The molecule has 0 amide bonds. The maximum absolute atomic E-state index is 11.9. The van der Waals surface area contributed by atoms with E-state index >= 15 is 0 Å². The number of carbonyl (C=O) groups is 1. The van der Waals surface area contributed by atoms with Crippen LogP contribution in [0.15, 0.2) is 24.3 Å². The summed E-state index contributed by atoms with van der Waals surface area (Å²) in [6, 6.07) is 5.63. The van der Waals surface area contributed by atoms with Gasteiger partial charge in [0.1, 0.15) is 5.69 Å². The minimum atomic E-state index is -0.312. The second kappa shape index (κ2) is 10.4. The van der Waals surface area contributed by atoms with Crippen molar-refractivity contribution in [2.24, 2.45) is 5.92 Å². The van der Waals surface area contributed by atoms with Crippen molar-refractivity contribution in [2.75, 3.05) is 25.2 Å². The molecule has 0 saturated heterocycles. The van der Waals surface area contributed by atoms with Gasteiger partial charge in [-0.25, -0.2) is 0 Å². The molecule has 0 heterocycles. The second-order valence-electron chi connectivity index (χ2n) is 8.01. The number of nitro benzene ring substituents is 1. The minimum Gasteiger partial charge on any atom is -0.380 e. The summed E-state index contributed by atoms with van der Waals surface area (Å²) < 4.78 is 5.18. The van der Waals surface area contributed by atoms with Crippen LogP contribution < -0.4 is 4.90 Å². The lowest BCUT2D eigenvalue weighted by Crippen LogP contribution is -2.39. The molecule has 28 heavy (non-hydrogen) atoms. The minimum absolute atomic E-state index is 0.0919. The molecule has 0 N–H and O–H groups in total. The highest BCUT2D eigenvalue weighted by molar-refractivity contribution is 5.95. The van der Waals surface area contributed by atoms with Gasteiger partial charge in [-0.15, -0.1) is 0 Å². The molecule has 154 valence electrons. The summed E-state index contributed by atoms with van der Waals surface area (Å²) in [5.74, 6) is 0.297. The number of anilines is 1. The lowest BCUT2D eigenvalue weighted by atomic mass is 9.92. The fourth-order valence-electron chi connectivity index (χ4n) is 3.95. The van der Waals surface area contributed by atoms with E-state index in [4.69, 9.17) is 4.74 Å². The van der Waals surface area contributed by atoms with Crippen LogP contribution in [-0.2, 0) is 9.53 Å². The van der Waals surface area contributed by atoms with E-state index < -0.39 is 0 Å². The Kier molecular flexibility index (Phi) is 8.18. The predicted molar refractivity (Wildman–Crippen MR) is 113 cm³/mol. The largest absolute Gasteiger partial charge is 0.380 e. The maximum atomic E-state index is 11.9. The molecule has 0 spiro atoms. The van der Waals surface area contributed by atoms with Crippen molar-refractivity contribution in [2.45, 2.75) is 58.9 Å². The number of nitro groups is 1. The van der Waals surface area contributed by atoms with E-state index in [1.165, 1.54) is 32.3 Å². The number of benzene rings is 1. The highest BCUT2D eigenvalue weighted by Crippen LogP contribution is 2.36. The fourth-order valence-corrected chi connectivity index (χ4v) is 3.95. The Morgan fingerprint density at radius 2 is 2.00 bits per heavy atom. The van der Waals surface area contributed by atoms with Crippen LogP contribution in [0.1, 0.15) is 58.4 Å². The van der Waals surface area contributed by atoms with Gasteiger partial charge in [-0.2, -0.15) is 0 Å². The molecule has 6 heteroatoms. The summed E-state index contributed by atoms with van der Waals surface area (Å²) in [6.07, 6.45) is 7.21. The standard InChI is InChI=1S/C22H32N2O4/c1-16(2)14-23(20-8-6-5-7-9-20)21-11-10-18(13-22(21)24(26)27)19(15-28-4)12-17(3)25/h10-13,16,20H,5-9,14-15H2,1-4H3. The first kappa shape index (κ1) is 22.1. The Hall–Kier alpha value is -2.21. The third kappa shape index (κ3) is 5.89. The number of ketones is 1. The van der Waals surface area contributed by atoms with E-state index in [1.807, 2.05) is 12.1 Å². The van der Waals surface area contributed by atoms with Gasteiger partial charge in [0.25, 0.3) is 5.69 Å². The van der Waals surface area contributed by atoms with Gasteiger partial charge in [0.05, 0.1) is 11.5 Å². The number of hydrogen-bond donors (Lipinski definition) is 0. The number of allylic oxidation sites excluding steroid dienone is 1.